The lowest BCUT2D eigenvalue weighted by Crippen LogP contribution is -2.20. The molecule has 0 saturated carbocycles. The van der Waals surface area contributed by atoms with E-state index in [2.05, 4.69) is 4.74 Å². The molecule has 2 unspecified atom stereocenters. The van der Waals surface area contributed by atoms with E-state index < -0.39 is 52.4 Å². The summed E-state index contributed by atoms with van der Waals surface area (Å²) in [6, 6.07) is 0. The van der Waals surface area contributed by atoms with Crippen molar-refractivity contribution in [3.05, 3.63) is 57.7 Å². The number of benzene rings is 1. The molecule has 0 aliphatic heterocycles. The van der Waals surface area contributed by atoms with Gasteiger partial charge in [0.25, 0.3) is 0 Å². The number of ether oxygens (including phenoxy) is 1. The summed E-state index contributed by atoms with van der Waals surface area (Å²) in [5, 5.41) is 9.97. The van der Waals surface area contributed by atoms with Crippen LogP contribution in [0.2, 0.25) is 0 Å². The maximum absolute atomic E-state index is 14.7. The highest BCUT2D eigenvalue weighted by Gasteiger charge is 2.35. The van der Waals surface area contributed by atoms with Gasteiger partial charge in [0.05, 0.1) is 18.8 Å². The number of methoxy groups -OCH3 is 1. The number of unbranched alkanes of at least 4 members (excludes halogenated alkanes) is 1. The van der Waals surface area contributed by atoms with Gasteiger partial charge in [0.1, 0.15) is 0 Å². The molecule has 1 aromatic rings. The molecule has 7 heteroatoms. The highest BCUT2D eigenvalue weighted by Crippen LogP contribution is 2.39. The Hall–Kier alpha value is -2.15. The third kappa shape index (κ3) is 4.08. The Labute approximate surface area is 155 Å². The summed E-state index contributed by atoms with van der Waals surface area (Å²) in [6.45, 7) is 3.48. The van der Waals surface area contributed by atoms with Crippen LogP contribution in [0.25, 0.3) is 0 Å². The second-order valence-corrected chi connectivity index (χ2v) is 6.59. The summed E-state index contributed by atoms with van der Waals surface area (Å²) < 4.78 is 63.2. The van der Waals surface area contributed by atoms with Crippen LogP contribution < -0.4 is 0 Å². The van der Waals surface area contributed by atoms with Crippen LogP contribution in [0, 0.1) is 23.3 Å². The lowest BCUT2D eigenvalue weighted by atomic mass is 9.83. The number of aliphatic hydroxyl groups excluding tert-OH is 1. The van der Waals surface area contributed by atoms with Gasteiger partial charge in [-0.1, -0.05) is 37.5 Å². The van der Waals surface area contributed by atoms with E-state index in [9.17, 15) is 27.5 Å². The van der Waals surface area contributed by atoms with Gasteiger partial charge in [-0.2, -0.15) is 0 Å². The zero-order valence-corrected chi connectivity index (χ0v) is 15.4. The highest BCUT2D eigenvalue weighted by atomic mass is 19.2. The number of aliphatic hydroxyl groups is 1. The van der Waals surface area contributed by atoms with Crippen molar-refractivity contribution in [2.75, 3.05) is 7.11 Å². The van der Waals surface area contributed by atoms with Gasteiger partial charge in [0.2, 0.25) is 0 Å². The molecular weight excluding hydrogens is 364 g/mol. The number of allylic oxidation sites excluding steroid dienone is 3. The molecule has 0 spiro atoms. The number of esters is 1. The van der Waals surface area contributed by atoms with Crippen LogP contribution in [0.5, 0.6) is 0 Å². The van der Waals surface area contributed by atoms with Crippen molar-refractivity contribution in [2.45, 2.75) is 51.6 Å². The number of hydrogen-bond acceptors (Lipinski definition) is 3. The van der Waals surface area contributed by atoms with Crippen LogP contribution in [0.1, 0.15) is 62.7 Å². The molecule has 3 nitrogen and oxygen atoms in total. The smallest absolute Gasteiger partial charge is 0.334 e. The van der Waals surface area contributed by atoms with Gasteiger partial charge in [-0.3, -0.25) is 0 Å². The molecule has 1 N–H and O–H groups in total. The average Bonchev–Trinajstić information content (AvgIpc) is 2.64. The number of carbonyl (C=O) groups excluding carboxylic acids is 1. The first-order valence-electron chi connectivity index (χ1n) is 8.73. The maximum Gasteiger partial charge on any atom is 0.334 e. The average molecular weight is 386 g/mol. The van der Waals surface area contributed by atoms with Crippen LogP contribution in [-0.4, -0.2) is 18.2 Å². The monoisotopic (exact) mass is 386 g/mol. The molecule has 1 aliphatic rings. The number of carbonyl (C=O) groups is 1. The largest absolute Gasteiger partial charge is 0.466 e. The summed E-state index contributed by atoms with van der Waals surface area (Å²) >= 11 is 0. The Balaban J connectivity index is 2.62. The SMILES string of the molecule is CCCCC(O)c1c(F)c(F)c(C2C=C(C)CC=C2C(=O)OC)c(F)c1F. The van der Waals surface area contributed by atoms with Gasteiger partial charge in [-0.05, 0) is 19.8 Å². The Morgan fingerprint density at radius 1 is 1.22 bits per heavy atom. The van der Waals surface area contributed by atoms with E-state index in [4.69, 9.17) is 0 Å². The van der Waals surface area contributed by atoms with E-state index in [1.807, 2.05) is 6.92 Å². The lowest BCUT2D eigenvalue weighted by molar-refractivity contribution is -0.136. The van der Waals surface area contributed by atoms with Gasteiger partial charge in [-0.25, -0.2) is 22.4 Å². The number of halogens is 4. The van der Waals surface area contributed by atoms with Crippen LogP contribution in [-0.2, 0) is 9.53 Å². The molecule has 1 aliphatic carbocycles. The lowest BCUT2D eigenvalue weighted by Gasteiger charge is -2.24. The summed E-state index contributed by atoms with van der Waals surface area (Å²) in [6.07, 6.45) is 2.53. The van der Waals surface area contributed by atoms with Gasteiger partial charge in [0, 0.05) is 17.1 Å². The van der Waals surface area contributed by atoms with E-state index in [-0.39, 0.29) is 12.0 Å². The zero-order chi connectivity index (χ0) is 20.3. The van der Waals surface area contributed by atoms with Crippen LogP contribution in [0.15, 0.2) is 23.3 Å². The Morgan fingerprint density at radius 3 is 2.33 bits per heavy atom. The molecule has 0 fully saturated rings. The molecule has 0 bridgehead atoms. The van der Waals surface area contributed by atoms with E-state index in [1.54, 1.807) is 6.92 Å². The molecule has 1 aromatic carbocycles. The third-order valence-corrected chi connectivity index (χ3v) is 4.66. The zero-order valence-electron chi connectivity index (χ0n) is 15.4. The quantitative estimate of drug-likeness (QED) is 0.324. The van der Waals surface area contributed by atoms with Crippen molar-refractivity contribution < 1.29 is 32.2 Å². The normalized spacial score (nSPS) is 18.0. The van der Waals surface area contributed by atoms with Crippen molar-refractivity contribution in [1.29, 1.82) is 0 Å². The van der Waals surface area contributed by atoms with Crippen molar-refractivity contribution in [3.8, 4) is 0 Å². The number of rotatable bonds is 6. The number of hydrogen-bond donors (Lipinski definition) is 1. The van der Waals surface area contributed by atoms with Crippen LogP contribution in [0.4, 0.5) is 17.6 Å². The summed E-state index contributed by atoms with van der Waals surface area (Å²) in [7, 11) is 1.10. The Morgan fingerprint density at radius 2 is 1.81 bits per heavy atom. The molecule has 0 amide bonds. The van der Waals surface area contributed by atoms with E-state index in [0.717, 1.165) is 7.11 Å². The predicted molar refractivity (Wildman–Crippen MR) is 92.0 cm³/mol. The first kappa shape index (κ1) is 21.2. The maximum atomic E-state index is 14.7. The second kappa shape index (κ2) is 8.69. The topological polar surface area (TPSA) is 46.5 Å². The van der Waals surface area contributed by atoms with Crippen molar-refractivity contribution in [2.24, 2.45) is 0 Å². The standard InChI is InChI=1S/C20H22F4O3/c1-4-5-6-13(25)15-18(23)16(21)14(17(22)19(15)24)12-9-10(2)7-8-11(12)20(26)27-3/h8-9,12-13,25H,4-7H2,1-3H3. The third-order valence-electron chi connectivity index (χ3n) is 4.66. The van der Waals surface area contributed by atoms with E-state index >= 15 is 0 Å². The Kier molecular flexibility index (Phi) is 6.81. The van der Waals surface area contributed by atoms with E-state index in [0.29, 0.717) is 24.8 Å². The van der Waals surface area contributed by atoms with Crippen LogP contribution in [0.3, 0.4) is 0 Å². The van der Waals surface area contributed by atoms with Crippen molar-refractivity contribution in [1.82, 2.24) is 0 Å². The predicted octanol–water partition coefficient (Wildman–Crippen LogP) is 5.00. The Bertz CT molecular complexity index is 770. The van der Waals surface area contributed by atoms with Crippen molar-refractivity contribution in [3.63, 3.8) is 0 Å². The van der Waals surface area contributed by atoms with Gasteiger partial charge in [0.15, 0.2) is 23.3 Å². The minimum absolute atomic E-state index is 0.0294. The van der Waals surface area contributed by atoms with Crippen LogP contribution >= 0.6 is 0 Å². The molecular formula is C20H22F4O3. The molecule has 148 valence electrons. The summed E-state index contributed by atoms with van der Waals surface area (Å²) in [4.78, 5) is 12.0. The minimum atomic E-state index is -1.66. The fourth-order valence-corrected chi connectivity index (χ4v) is 3.18. The van der Waals surface area contributed by atoms with Gasteiger partial charge >= 0.3 is 5.97 Å². The molecule has 0 saturated heterocycles. The van der Waals surface area contributed by atoms with Gasteiger partial charge in [-0.15, -0.1) is 0 Å². The summed E-state index contributed by atoms with van der Waals surface area (Å²) in [5.41, 5.74) is -1.35. The molecule has 2 atom stereocenters. The second-order valence-electron chi connectivity index (χ2n) is 6.59. The molecule has 0 aromatic heterocycles. The molecule has 27 heavy (non-hydrogen) atoms. The first-order valence-corrected chi connectivity index (χ1v) is 8.73. The van der Waals surface area contributed by atoms with E-state index in [1.165, 1.54) is 12.2 Å². The minimum Gasteiger partial charge on any atom is -0.466 e. The molecule has 2 rings (SSSR count). The molecule has 0 radical (unpaired) electrons. The first-order chi connectivity index (χ1) is 12.7. The van der Waals surface area contributed by atoms with Gasteiger partial charge < -0.3 is 9.84 Å². The fraction of sp³-hybridized carbons (Fsp3) is 0.450. The fourth-order valence-electron chi connectivity index (χ4n) is 3.18. The summed E-state index contributed by atoms with van der Waals surface area (Å²) in [5.74, 6) is -8.69. The highest BCUT2D eigenvalue weighted by molar-refractivity contribution is 5.91. The van der Waals surface area contributed by atoms with Crippen molar-refractivity contribution >= 4 is 5.97 Å². The molecule has 0 heterocycles.